The van der Waals surface area contributed by atoms with E-state index in [-0.39, 0.29) is 5.82 Å². The molecule has 0 bridgehead atoms. The third-order valence-electron chi connectivity index (χ3n) is 3.32. The van der Waals surface area contributed by atoms with Gasteiger partial charge >= 0.3 is 0 Å². The molecule has 1 heterocycles. The number of hydrogen-bond donors (Lipinski definition) is 0. The molecule has 3 nitrogen and oxygen atoms in total. The number of aromatic nitrogens is 2. The Kier molecular flexibility index (Phi) is 4.36. The minimum atomic E-state index is -0.258. The average Bonchev–Trinajstić information content (AvgIpc) is 2.93. The first-order chi connectivity index (χ1) is 10.7. The monoisotopic (exact) mass is 360 g/mol. The molecule has 3 rings (SSSR count). The fraction of sp³-hybridized carbons (Fsp3) is 0.118. The van der Waals surface area contributed by atoms with Gasteiger partial charge in [-0.2, -0.15) is 5.10 Å². The summed E-state index contributed by atoms with van der Waals surface area (Å²) in [5, 5.41) is 4.57. The molecule has 2 aromatic carbocycles. The first kappa shape index (κ1) is 14.9. The van der Waals surface area contributed by atoms with E-state index >= 15 is 0 Å². The van der Waals surface area contributed by atoms with E-state index in [1.807, 2.05) is 30.3 Å². The van der Waals surface area contributed by atoms with Crippen molar-refractivity contribution in [1.29, 1.82) is 0 Å². The zero-order valence-electron chi connectivity index (χ0n) is 12.0. The Bertz CT molecular complexity index is 784. The molecule has 0 amide bonds. The Morgan fingerprint density at radius 2 is 1.86 bits per heavy atom. The van der Waals surface area contributed by atoms with Crippen LogP contribution < -0.4 is 0 Å². The molecule has 22 heavy (non-hydrogen) atoms. The molecule has 0 unspecified atom stereocenters. The fourth-order valence-electron chi connectivity index (χ4n) is 2.28. The lowest BCUT2D eigenvalue weighted by Crippen LogP contribution is -2.04. The van der Waals surface area contributed by atoms with E-state index in [9.17, 15) is 4.39 Å². The van der Waals surface area contributed by atoms with Crippen LogP contribution in [-0.2, 0) is 11.5 Å². The summed E-state index contributed by atoms with van der Waals surface area (Å²) in [6.45, 7) is 0.345. The quantitative estimate of drug-likeness (QED) is 0.672. The van der Waals surface area contributed by atoms with Crippen molar-refractivity contribution in [2.75, 3.05) is 7.11 Å². The van der Waals surface area contributed by atoms with Gasteiger partial charge in [-0.3, -0.25) is 0 Å². The summed E-state index contributed by atoms with van der Waals surface area (Å²) in [5.74, 6) is -0.258. The molecule has 0 fully saturated rings. The van der Waals surface area contributed by atoms with Crippen molar-refractivity contribution in [3.05, 3.63) is 64.9 Å². The Hall–Kier alpha value is -1.98. The molecular formula is C17H14BrFN2O. The SMILES string of the molecule is COCn1nc(-c2ccc(F)cc2)cc1-c1ccccc1Br. The number of methoxy groups -OCH3 is 1. The number of benzene rings is 2. The van der Waals surface area contributed by atoms with Crippen LogP contribution in [-0.4, -0.2) is 16.9 Å². The van der Waals surface area contributed by atoms with Gasteiger partial charge in [-0.15, -0.1) is 0 Å². The minimum absolute atomic E-state index is 0.258. The smallest absolute Gasteiger partial charge is 0.139 e. The normalized spacial score (nSPS) is 10.9. The highest BCUT2D eigenvalue weighted by Gasteiger charge is 2.13. The first-order valence-electron chi connectivity index (χ1n) is 6.76. The van der Waals surface area contributed by atoms with Crippen molar-refractivity contribution in [3.8, 4) is 22.5 Å². The highest BCUT2D eigenvalue weighted by atomic mass is 79.9. The van der Waals surface area contributed by atoms with Crippen LogP contribution >= 0.6 is 15.9 Å². The molecule has 1 aromatic heterocycles. The lowest BCUT2D eigenvalue weighted by atomic mass is 10.1. The molecule has 0 saturated carbocycles. The van der Waals surface area contributed by atoms with Gasteiger partial charge in [0.25, 0.3) is 0 Å². The minimum Gasteiger partial charge on any atom is -0.362 e. The molecule has 0 saturated heterocycles. The highest BCUT2D eigenvalue weighted by Crippen LogP contribution is 2.31. The van der Waals surface area contributed by atoms with Crippen molar-refractivity contribution in [1.82, 2.24) is 9.78 Å². The lowest BCUT2D eigenvalue weighted by molar-refractivity contribution is 0.122. The molecule has 5 heteroatoms. The molecule has 0 aliphatic heterocycles. The second-order valence-corrected chi connectivity index (χ2v) is 5.67. The molecule has 0 aliphatic carbocycles. The van der Waals surface area contributed by atoms with Gasteiger partial charge in [0, 0.05) is 22.7 Å². The third kappa shape index (κ3) is 2.96. The van der Waals surface area contributed by atoms with Gasteiger partial charge in [-0.05, 0) is 36.4 Å². The van der Waals surface area contributed by atoms with Gasteiger partial charge in [0.05, 0.1) is 11.4 Å². The van der Waals surface area contributed by atoms with Crippen molar-refractivity contribution in [2.45, 2.75) is 6.73 Å². The van der Waals surface area contributed by atoms with E-state index in [1.165, 1.54) is 12.1 Å². The molecule has 0 radical (unpaired) electrons. The van der Waals surface area contributed by atoms with E-state index in [0.717, 1.165) is 27.0 Å². The predicted molar refractivity (Wildman–Crippen MR) is 87.8 cm³/mol. The van der Waals surface area contributed by atoms with Crippen molar-refractivity contribution in [2.24, 2.45) is 0 Å². The van der Waals surface area contributed by atoms with E-state index in [1.54, 1.807) is 23.9 Å². The molecule has 0 N–H and O–H groups in total. The lowest BCUT2D eigenvalue weighted by Gasteiger charge is -2.07. The summed E-state index contributed by atoms with van der Waals surface area (Å²) >= 11 is 3.56. The largest absolute Gasteiger partial charge is 0.362 e. The maximum Gasteiger partial charge on any atom is 0.139 e. The maximum atomic E-state index is 13.1. The molecule has 0 spiro atoms. The molecule has 112 valence electrons. The number of rotatable bonds is 4. The van der Waals surface area contributed by atoms with Crippen LogP contribution in [0, 0.1) is 5.82 Å². The van der Waals surface area contributed by atoms with Crippen LogP contribution in [0.5, 0.6) is 0 Å². The van der Waals surface area contributed by atoms with Gasteiger partial charge in [-0.1, -0.05) is 34.1 Å². The van der Waals surface area contributed by atoms with Gasteiger partial charge in [0.15, 0.2) is 0 Å². The second kappa shape index (κ2) is 6.42. The third-order valence-corrected chi connectivity index (χ3v) is 4.01. The first-order valence-corrected chi connectivity index (χ1v) is 7.56. The van der Waals surface area contributed by atoms with Crippen LogP contribution in [0.2, 0.25) is 0 Å². The molecular weight excluding hydrogens is 347 g/mol. The Morgan fingerprint density at radius 3 is 2.55 bits per heavy atom. The van der Waals surface area contributed by atoms with Gasteiger partial charge in [0.2, 0.25) is 0 Å². The summed E-state index contributed by atoms with van der Waals surface area (Å²) in [6, 6.07) is 16.2. The topological polar surface area (TPSA) is 27.1 Å². The number of hydrogen-bond acceptors (Lipinski definition) is 2. The molecule has 0 atom stereocenters. The summed E-state index contributed by atoms with van der Waals surface area (Å²) in [4.78, 5) is 0. The molecule has 0 aliphatic rings. The standard InChI is InChI=1S/C17H14BrFN2O/c1-22-11-21-17(14-4-2-3-5-15(14)18)10-16(20-21)12-6-8-13(19)9-7-12/h2-10H,11H2,1H3. The van der Waals surface area contributed by atoms with E-state index < -0.39 is 0 Å². The van der Waals surface area contributed by atoms with E-state index in [4.69, 9.17) is 4.74 Å². The van der Waals surface area contributed by atoms with Crippen LogP contribution in [0.1, 0.15) is 0 Å². The Labute approximate surface area is 136 Å². The van der Waals surface area contributed by atoms with E-state index in [2.05, 4.69) is 21.0 Å². The zero-order chi connectivity index (χ0) is 15.5. The Balaban J connectivity index is 2.10. The average molecular weight is 361 g/mol. The molecule has 3 aromatic rings. The number of nitrogens with zero attached hydrogens (tertiary/aromatic N) is 2. The van der Waals surface area contributed by atoms with Gasteiger partial charge < -0.3 is 4.74 Å². The summed E-state index contributed by atoms with van der Waals surface area (Å²) in [7, 11) is 1.63. The van der Waals surface area contributed by atoms with Crippen molar-refractivity contribution < 1.29 is 9.13 Å². The second-order valence-electron chi connectivity index (χ2n) is 4.82. The number of ether oxygens (including phenoxy) is 1. The summed E-state index contributed by atoms with van der Waals surface area (Å²) in [6.07, 6.45) is 0. The Morgan fingerprint density at radius 1 is 1.14 bits per heavy atom. The van der Waals surface area contributed by atoms with E-state index in [0.29, 0.717) is 6.73 Å². The maximum absolute atomic E-state index is 13.1. The summed E-state index contributed by atoms with van der Waals surface area (Å²) < 4.78 is 21.1. The summed E-state index contributed by atoms with van der Waals surface area (Å²) in [5.41, 5.74) is 3.61. The fourth-order valence-corrected chi connectivity index (χ4v) is 2.77. The van der Waals surface area contributed by atoms with Crippen molar-refractivity contribution >= 4 is 15.9 Å². The van der Waals surface area contributed by atoms with Gasteiger partial charge in [-0.25, -0.2) is 9.07 Å². The van der Waals surface area contributed by atoms with Crippen LogP contribution in [0.15, 0.2) is 59.1 Å². The highest BCUT2D eigenvalue weighted by molar-refractivity contribution is 9.10. The predicted octanol–water partition coefficient (Wildman–Crippen LogP) is 4.72. The van der Waals surface area contributed by atoms with Crippen molar-refractivity contribution in [3.63, 3.8) is 0 Å². The van der Waals surface area contributed by atoms with Crippen LogP contribution in [0.4, 0.5) is 4.39 Å². The van der Waals surface area contributed by atoms with Gasteiger partial charge in [0.1, 0.15) is 12.5 Å². The number of halogens is 2. The van der Waals surface area contributed by atoms with Crippen LogP contribution in [0.25, 0.3) is 22.5 Å². The zero-order valence-corrected chi connectivity index (χ0v) is 13.5. The van der Waals surface area contributed by atoms with Crippen LogP contribution in [0.3, 0.4) is 0 Å².